The number of aromatic nitrogens is 2. The lowest BCUT2D eigenvalue weighted by molar-refractivity contribution is -0.134. The van der Waals surface area contributed by atoms with E-state index in [-0.39, 0.29) is 49.8 Å². The van der Waals surface area contributed by atoms with Crippen LogP contribution in [0, 0.1) is 19.8 Å². The molecule has 1 aliphatic heterocycles. The van der Waals surface area contributed by atoms with E-state index in [0.717, 1.165) is 16.5 Å². The SMILES string of the molecule is Cc1noc(C)c1NC(=O)N(C)C[C@@H]1Oc2ccc(NC(=O)Cc3cn(C)c4ccccc34)cc2CC(=O)N([C@H](C)CO)C[C@H]1C. The summed E-state index contributed by atoms with van der Waals surface area (Å²) in [5.41, 5.74) is 4.22. The van der Waals surface area contributed by atoms with E-state index in [1.54, 1.807) is 50.9 Å². The van der Waals surface area contributed by atoms with Crippen molar-refractivity contribution in [3.05, 3.63) is 71.2 Å². The predicted molar refractivity (Wildman–Crippen MR) is 175 cm³/mol. The molecule has 0 saturated carbocycles. The third-order valence-electron chi connectivity index (χ3n) is 8.60. The van der Waals surface area contributed by atoms with Gasteiger partial charge >= 0.3 is 6.03 Å². The molecule has 0 radical (unpaired) electrons. The van der Waals surface area contributed by atoms with Crippen LogP contribution in [0.25, 0.3) is 10.9 Å². The molecule has 5 rings (SSSR count). The van der Waals surface area contributed by atoms with Crippen LogP contribution in [0.3, 0.4) is 0 Å². The van der Waals surface area contributed by atoms with Gasteiger partial charge < -0.3 is 39.4 Å². The van der Waals surface area contributed by atoms with E-state index < -0.39 is 12.1 Å². The van der Waals surface area contributed by atoms with Crippen LogP contribution >= 0.6 is 0 Å². The quantitative estimate of drug-likeness (QED) is 0.264. The number of aryl methyl sites for hydroxylation is 3. The van der Waals surface area contributed by atoms with Crippen LogP contribution in [-0.4, -0.2) is 81.4 Å². The first kappa shape index (κ1) is 32.6. The summed E-state index contributed by atoms with van der Waals surface area (Å²) in [6.45, 7) is 7.59. The van der Waals surface area contributed by atoms with Crippen molar-refractivity contribution in [1.82, 2.24) is 19.5 Å². The highest BCUT2D eigenvalue weighted by molar-refractivity contribution is 5.96. The molecule has 0 spiro atoms. The summed E-state index contributed by atoms with van der Waals surface area (Å²) in [6.07, 6.45) is 1.68. The average Bonchev–Trinajstić information content (AvgIpc) is 3.53. The largest absolute Gasteiger partial charge is 0.488 e. The molecule has 4 amide bonds. The summed E-state index contributed by atoms with van der Waals surface area (Å²) in [6, 6.07) is 12.4. The second kappa shape index (κ2) is 13.7. The van der Waals surface area contributed by atoms with Crippen LogP contribution in [0.5, 0.6) is 5.75 Å². The molecular weight excluding hydrogens is 588 g/mol. The highest BCUT2D eigenvalue weighted by Gasteiger charge is 2.32. The number of aliphatic hydroxyl groups excluding tert-OH is 1. The number of para-hydroxylation sites is 1. The third-order valence-corrected chi connectivity index (χ3v) is 8.60. The number of fused-ring (bicyclic) bond motifs is 2. The number of carbonyl (C=O) groups is 3. The Balaban J connectivity index is 1.37. The van der Waals surface area contributed by atoms with Crippen molar-refractivity contribution in [2.45, 2.75) is 52.7 Å². The fourth-order valence-corrected chi connectivity index (χ4v) is 5.89. The Kier molecular flexibility index (Phi) is 9.66. The summed E-state index contributed by atoms with van der Waals surface area (Å²) in [5, 5.41) is 20.7. The Bertz CT molecular complexity index is 1730. The molecule has 0 bridgehead atoms. The smallest absolute Gasteiger partial charge is 0.321 e. The molecule has 12 nitrogen and oxygen atoms in total. The second-order valence-corrected chi connectivity index (χ2v) is 12.2. The van der Waals surface area contributed by atoms with Crippen molar-refractivity contribution in [2.24, 2.45) is 13.0 Å². The number of nitrogens with zero attached hydrogens (tertiary/aromatic N) is 4. The Morgan fingerprint density at radius 2 is 1.93 bits per heavy atom. The van der Waals surface area contributed by atoms with E-state index in [0.29, 0.717) is 40.7 Å². The van der Waals surface area contributed by atoms with Crippen molar-refractivity contribution in [2.75, 3.05) is 37.4 Å². The molecule has 2 aromatic heterocycles. The van der Waals surface area contributed by atoms with Gasteiger partial charge in [0.15, 0.2) is 5.76 Å². The minimum Gasteiger partial charge on any atom is -0.488 e. The molecule has 3 atom stereocenters. The lowest BCUT2D eigenvalue weighted by Gasteiger charge is -2.34. The maximum atomic E-state index is 13.6. The second-order valence-electron chi connectivity index (χ2n) is 12.2. The average molecular weight is 631 g/mol. The van der Waals surface area contributed by atoms with Crippen molar-refractivity contribution in [3.63, 3.8) is 0 Å². The van der Waals surface area contributed by atoms with Gasteiger partial charge in [0.1, 0.15) is 23.2 Å². The minimum atomic E-state index is -0.495. The van der Waals surface area contributed by atoms with Gasteiger partial charge in [0, 0.05) is 54.9 Å². The van der Waals surface area contributed by atoms with Gasteiger partial charge in [0.2, 0.25) is 11.8 Å². The molecule has 244 valence electrons. The molecule has 0 fully saturated rings. The molecule has 3 N–H and O–H groups in total. The molecule has 4 aromatic rings. The van der Waals surface area contributed by atoms with Crippen molar-refractivity contribution in [1.29, 1.82) is 0 Å². The van der Waals surface area contributed by atoms with Crippen molar-refractivity contribution >= 4 is 40.1 Å². The van der Waals surface area contributed by atoms with E-state index in [9.17, 15) is 19.5 Å². The van der Waals surface area contributed by atoms with Crippen LogP contribution in [0.2, 0.25) is 0 Å². The van der Waals surface area contributed by atoms with Crippen LogP contribution in [0.15, 0.2) is 53.2 Å². The summed E-state index contributed by atoms with van der Waals surface area (Å²) >= 11 is 0. The van der Waals surface area contributed by atoms with E-state index in [1.807, 2.05) is 49.0 Å². The van der Waals surface area contributed by atoms with Gasteiger partial charge in [0.05, 0.1) is 32.0 Å². The molecule has 2 aromatic carbocycles. The normalized spacial score (nSPS) is 17.4. The Morgan fingerprint density at radius 3 is 2.65 bits per heavy atom. The monoisotopic (exact) mass is 630 g/mol. The van der Waals surface area contributed by atoms with Crippen molar-refractivity contribution in [3.8, 4) is 5.75 Å². The van der Waals surface area contributed by atoms with E-state index in [4.69, 9.17) is 9.26 Å². The third kappa shape index (κ3) is 7.02. The molecule has 0 saturated heterocycles. The molecule has 3 heterocycles. The van der Waals surface area contributed by atoms with Gasteiger partial charge in [-0.3, -0.25) is 9.59 Å². The molecule has 0 aliphatic carbocycles. The zero-order valence-electron chi connectivity index (χ0n) is 27.2. The predicted octanol–water partition coefficient (Wildman–Crippen LogP) is 4.28. The number of likely N-dealkylation sites (N-methyl/N-ethyl adjacent to an activating group) is 1. The zero-order valence-corrected chi connectivity index (χ0v) is 27.2. The molecule has 1 aliphatic rings. The summed E-state index contributed by atoms with van der Waals surface area (Å²) in [7, 11) is 3.63. The van der Waals surface area contributed by atoms with E-state index >= 15 is 0 Å². The Morgan fingerprint density at radius 1 is 1.17 bits per heavy atom. The number of urea groups is 1. The first-order valence-corrected chi connectivity index (χ1v) is 15.4. The topological polar surface area (TPSA) is 142 Å². The van der Waals surface area contributed by atoms with Crippen LogP contribution < -0.4 is 15.4 Å². The highest BCUT2D eigenvalue weighted by Crippen LogP contribution is 2.30. The van der Waals surface area contributed by atoms with Gasteiger partial charge in [-0.15, -0.1) is 0 Å². The zero-order chi connectivity index (χ0) is 33.1. The summed E-state index contributed by atoms with van der Waals surface area (Å²) in [5.74, 6) is 0.461. The number of amides is 4. The number of nitrogens with one attached hydrogen (secondary N) is 2. The van der Waals surface area contributed by atoms with Crippen LogP contribution in [0.4, 0.5) is 16.2 Å². The molecule has 46 heavy (non-hydrogen) atoms. The number of anilines is 2. The van der Waals surface area contributed by atoms with Gasteiger partial charge in [-0.1, -0.05) is 30.3 Å². The summed E-state index contributed by atoms with van der Waals surface area (Å²) < 4.78 is 13.7. The number of rotatable bonds is 8. The van der Waals surface area contributed by atoms with E-state index in [1.165, 1.54) is 4.90 Å². The maximum absolute atomic E-state index is 13.6. The first-order chi connectivity index (χ1) is 21.9. The number of carbonyl (C=O) groups excluding carboxylic acids is 3. The molecular formula is C34H42N6O6. The highest BCUT2D eigenvalue weighted by atomic mass is 16.5. The number of ether oxygens (including phenoxy) is 1. The van der Waals surface area contributed by atoms with Gasteiger partial charge in [-0.05, 0) is 50.6 Å². The van der Waals surface area contributed by atoms with Gasteiger partial charge in [-0.25, -0.2) is 4.79 Å². The Labute approximate surface area is 268 Å². The Hall–Kier alpha value is -4.84. The lowest BCUT2D eigenvalue weighted by atomic mass is 10.0. The lowest BCUT2D eigenvalue weighted by Crippen LogP contribution is -2.48. The summed E-state index contributed by atoms with van der Waals surface area (Å²) in [4.78, 5) is 43.1. The number of benzene rings is 2. The number of aliphatic hydroxyl groups is 1. The van der Waals surface area contributed by atoms with Crippen LogP contribution in [0.1, 0.15) is 36.4 Å². The maximum Gasteiger partial charge on any atom is 0.321 e. The van der Waals surface area contributed by atoms with Gasteiger partial charge in [0.25, 0.3) is 0 Å². The number of hydrogen-bond donors (Lipinski definition) is 3. The standard InChI is InChI=1S/C34H42N6O6/c1-20-16-40(21(2)19-41)32(43)15-24-13-26(35-31(42)14-25-17-38(5)28-10-8-7-9-27(25)28)11-12-29(24)45-30(20)18-39(6)34(44)36-33-22(3)37-46-23(33)4/h7-13,17,20-21,30,41H,14-16,18-19H2,1-6H3,(H,35,42)(H,36,44)/t20-,21-,30+/m1/s1. The molecule has 12 heteroatoms. The minimum absolute atomic E-state index is 0.0223. The fraction of sp³-hybridized carbons (Fsp3) is 0.412. The molecule has 0 unspecified atom stereocenters. The van der Waals surface area contributed by atoms with Gasteiger partial charge in [-0.2, -0.15) is 0 Å². The first-order valence-electron chi connectivity index (χ1n) is 15.4. The fourth-order valence-electron chi connectivity index (χ4n) is 5.89. The van der Waals surface area contributed by atoms with Crippen molar-refractivity contribution < 1.29 is 28.8 Å². The van der Waals surface area contributed by atoms with Crippen LogP contribution in [-0.2, 0) is 29.5 Å². The van der Waals surface area contributed by atoms with E-state index in [2.05, 4.69) is 15.8 Å². The number of hydrogen-bond acceptors (Lipinski definition) is 7.